The fourth-order valence-corrected chi connectivity index (χ4v) is 2.95. The van der Waals surface area contributed by atoms with E-state index in [-0.39, 0.29) is 0 Å². The van der Waals surface area contributed by atoms with Crippen molar-refractivity contribution in [1.29, 1.82) is 0 Å². The van der Waals surface area contributed by atoms with Crippen molar-refractivity contribution in [3.8, 4) is 11.1 Å². The van der Waals surface area contributed by atoms with E-state index in [2.05, 4.69) is 57.2 Å². The Kier molecular flexibility index (Phi) is 1.94. The first kappa shape index (κ1) is 9.65. The summed E-state index contributed by atoms with van der Waals surface area (Å²) in [5.74, 6) is 0.546. The molecule has 0 amide bonds. The monoisotopic (exact) mass is 208 g/mol. The molecule has 0 aromatic heterocycles. The fraction of sp³-hybridized carbons (Fsp3) is 0.250. The number of hydrogen-bond donors (Lipinski definition) is 0. The van der Waals surface area contributed by atoms with E-state index in [1.54, 1.807) is 0 Å². The van der Waals surface area contributed by atoms with Crippen LogP contribution in [0.3, 0.4) is 0 Å². The topological polar surface area (TPSA) is 0 Å². The van der Waals surface area contributed by atoms with Crippen LogP contribution in [0.15, 0.2) is 36.4 Å². The van der Waals surface area contributed by atoms with E-state index in [9.17, 15) is 0 Å². The summed E-state index contributed by atoms with van der Waals surface area (Å²) in [7, 11) is 0. The van der Waals surface area contributed by atoms with Crippen molar-refractivity contribution in [3.05, 3.63) is 58.7 Å². The van der Waals surface area contributed by atoms with Crippen molar-refractivity contribution in [2.45, 2.75) is 26.7 Å². The molecule has 0 unspecified atom stereocenters. The van der Waals surface area contributed by atoms with Gasteiger partial charge in [-0.2, -0.15) is 0 Å². The van der Waals surface area contributed by atoms with Crippen LogP contribution in [0.4, 0.5) is 0 Å². The lowest BCUT2D eigenvalue weighted by atomic mass is 9.97. The van der Waals surface area contributed by atoms with E-state index in [1.165, 1.54) is 33.4 Å². The van der Waals surface area contributed by atoms with E-state index < -0.39 is 0 Å². The van der Waals surface area contributed by atoms with Gasteiger partial charge in [0.1, 0.15) is 0 Å². The maximum absolute atomic E-state index is 2.31. The number of benzene rings is 2. The zero-order valence-corrected chi connectivity index (χ0v) is 10.0. The van der Waals surface area contributed by atoms with Gasteiger partial charge in [-0.05, 0) is 47.2 Å². The highest BCUT2D eigenvalue weighted by atomic mass is 14.3. The molecule has 16 heavy (non-hydrogen) atoms. The molecule has 1 aliphatic carbocycles. The van der Waals surface area contributed by atoms with Crippen molar-refractivity contribution in [3.63, 3.8) is 0 Å². The van der Waals surface area contributed by atoms with Crippen LogP contribution in [0.2, 0.25) is 0 Å². The fourth-order valence-electron chi connectivity index (χ4n) is 2.95. The molecule has 0 bridgehead atoms. The van der Waals surface area contributed by atoms with E-state index in [0.717, 1.165) is 0 Å². The first-order valence-electron chi connectivity index (χ1n) is 5.89. The summed E-state index contributed by atoms with van der Waals surface area (Å²) in [6.45, 7) is 6.74. The predicted octanol–water partition coefficient (Wildman–Crippen LogP) is 4.44. The molecule has 0 radical (unpaired) electrons. The van der Waals surface area contributed by atoms with Crippen molar-refractivity contribution in [2.24, 2.45) is 0 Å². The van der Waals surface area contributed by atoms with Gasteiger partial charge in [-0.3, -0.25) is 0 Å². The minimum atomic E-state index is 0.546. The van der Waals surface area contributed by atoms with Gasteiger partial charge >= 0.3 is 0 Å². The molecule has 2 aromatic carbocycles. The van der Waals surface area contributed by atoms with Gasteiger partial charge in [0, 0.05) is 5.92 Å². The third-order valence-electron chi connectivity index (χ3n) is 3.79. The van der Waals surface area contributed by atoms with Crippen molar-refractivity contribution >= 4 is 0 Å². The molecule has 0 aliphatic heterocycles. The number of hydrogen-bond acceptors (Lipinski definition) is 0. The van der Waals surface area contributed by atoms with Crippen LogP contribution < -0.4 is 0 Å². The minimum Gasteiger partial charge on any atom is -0.0617 e. The summed E-state index contributed by atoms with van der Waals surface area (Å²) in [5.41, 5.74) is 8.73. The van der Waals surface area contributed by atoms with E-state index >= 15 is 0 Å². The molecule has 0 heterocycles. The summed E-state index contributed by atoms with van der Waals surface area (Å²) < 4.78 is 0. The quantitative estimate of drug-likeness (QED) is 0.600. The summed E-state index contributed by atoms with van der Waals surface area (Å²) in [4.78, 5) is 0. The van der Waals surface area contributed by atoms with Crippen molar-refractivity contribution in [2.75, 3.05) is 0 Å². The Labute approximate surface area is 96.9 Å². The molecule has 0 N–H and O–H groups in total. The molecule has 0 fully saturated rings. The smallest absolute Gasteiger partial charge is 0.00735 e. The van der Waals surface area contributed by atoms with E-state index in [0.29, 0.717) is 5.92 Å². The van der Waals surface area contributed by atoms with Crippen LogP contribution in [0, 0.1) is 13.8 Å². The maximum atomic E-state index is 2.31. The van der Waals surface area contributed by atoms with Gasteiger partial charge in [-0.1, -0.05) is 43.3 Å². The average molecular weight is 208 g/mol. The number of aryl methyl sites for hydroxylation is 2. The molecular weight excluding hydrogens is 192 g/mol. The normalized spacial score (nSPS) is 13.7. The lowest BCUT2D eigenvalue weighted by Gasteiger charge is -2.07. The predicted molar refractivity (Wildman–Crippen MR) is 68.9 cm³/mol. The average Bonchev–Trinajstić information content (AvgIpc) is 2.56. The molecule has 0 atom stereocenters. The zero-order valence-electron chi connectivity index (χ0n) is 10.0. The van der Waals surface area contributed by atoms with Crippen LogP contribution in [0.25, 0.3) is 11.1 Å². The second-order valence-electron chi connectivity index (χ2n) is 4.80. The van der Waals surface area contributed by atoms with Crippen molar-refractivity contribution < 1.29 is 0 Å². The Morgan fingerprint density at radius 2 is 1.19 bits per heavy atom. The van der Waals surface area contributed by atoms with Gasteiger partial charge in [0.25, 0.3) is 0 Å². The van der Waals surface area contributed by atoms with Gasteiger partial charge in [0.15, 0.2) is 0 Å². The number of rotatable bonds is 0. The molecule has 0 saturated heterocycles. The van der Waals surface area contributed by atoms with Crippen LogP contribution in [-0.4, -0.2) is 0 Å². The molecule has 0 heteroatoms. The van der Waals surface area contributed by atoms with Gasteiger partial charge in [0.05, 0.1) is 0 Å². The Hall–Kier alpha value is -1.56. The third kappa shape index (κ3) is 1.10. The highest BCUT2D eigenvalue weighted by molar-refractivity contribution is 5.83. The molecular formula is C16H16. The summed E-state index contributed by atoms with van der Waals surface area (Å²) in [5, 5.41) is 0. The largest absolute Gasteiger partial charge is 0.0617 e. The molecule has 3 rings (SSSR count). The Balaban J connectivity index is 2.43. The van der Waals surface area contributed by atoms with Crippen LogP contribution >= 0.6 is 0 Å². The summed E-state index contributed by atoms with van der Waals surface area (Å²) in [6.07, 6.45) is 0. The van der Waals surface area contributed by atoms with Crippen LogP contribution in [0.1, 0.15) is 35.1 Å². The second kappa shape index (κ2) is 3.21. The van der Waals surface area contributed by atoms with E-state index in [1.807, 2.05) is 0 Å². The molecule has 0 saturated carbocycles. The van der Waals surface area contributed by atoms with Gasteiger partial charge < -0.3 is 0 Å². The first-order valence-corrected chi connectivity index (χ1v) is 5.89. The number of fused-ring (bicyclic) bond motifs is 3. The van der Waals surface area contributed by atoms with Crippen LogP contribution in [-0.2, 0) is 0 Å². The third-order valence-corrected chi connectivity index (χ3v) is 3.79. The van der Waals surface area contributed by atoms with Gasteiger partial charge in [-0.25, -0.2) is 0 Å². The maximum Gasteiger partial charge on any atom is 0.00735 e. The van der Waals surface area contributed by atoms with Gasteiger partial charge in [-0.15, -0.1) is 0 Å². The second-order valence-corrected chi connectivity index (χ2v) is 4.80. The highest BCUT2D eigenvalue weighted by Gasteiger charge is 2.27. The lowest BCUT2D eigenvalue weighted by molar-refractivity contribution is 0.955. The van der Waals surface area contributed by atoms with Gasteiger partial charge in [0.2, 0.25) is 0 Å². The standard InChI is InChI=1S/C16H16/c1-10-6-4-8-13-12(3)14-9-5-7-11(2)16(14)15(10)13/h4-9,12H,1-3H3. The summed E-state index contributed by atoms with van der Waals surface area (Å²) >= 11 is 0. The first-order chi connectivity index (χ1) is 7.70. The Morgan fingerprint density at radius 3 is 1.62 bits per heavy atom. The highest BCUT2D eigenvalue weighted by Crippen LogP contribution is 2.47. The van der Waals surface area contributed by atoms with Crippen LogP contribution in [0.5, 0.6) is 0 Å². The molecule has 1 aliphatic rings. The molecule has 2 aromatic rings. The lowest BCUT2D eigenvalue weighted by Crippen LogP contribution is -1.89. The Bertz CT molecular complexity index is 513. The SMILES string of the molecule is Cc1cccc2c1-c1c(C)cccc1C2C. The molecule has 0 spiro atoms. The molecule has 80 valence electrons. The van der Waals surface area contributed by atoms with E-state index in [4.69, 9.17) is 0 Å². The zero-order chi connectivity index (χ0) is 11.3. The summed E-state index contributed by atoms with van der Waals surface area (Å²) in [6, 6.07) is 13.3. The van der Waals surface area contributed by atoms with Crippen molar-refractivity contribution in [1.82, 2.24) is 0 Å². The molecule has 0 nitrogen and oxygen atoms in total. The minimum absolute atomic E-state index is 0.546. The Morgan fingerprint density at radius 1 is 0.750 bits per heavy atom.